The van der Waals surface area contributed by atoms with Gasteiger partial charge >= 0.3 is 6.09 Å². The largest absolute Gasteiger partial charge is 0.440 e. The predicted molar refractivity (Wildman–Crippen MR) is 65.0 cm³/mol. The van der Waals surface area contributed by atoms with E-state index in [9.17, 15) is 4.79 Å². The summed E-state index contributed by atoms with van der Waals surface area (Å²) < 4.78 is 0. The zero-order valence-corrected chi connectivity index (χ0v) is 9.85. The Labute approximate surface area is 104 Å². The number of rotatable bonds is 3. The number of carbonyl (C=O) groups excluding carboxylic acids is 1. The van der Waals surface area contributed by atoms with E-state index in [2.05, 4.69) is 5.10 Å². The Morgan fingerprint density at radius 3 is 2.78 bits per heavy atom. The van der Waals surface area contributed by atoms with Gasteiger partial charge in [0.1, 0.15) is 0 Å². The lowest BCUT2D eigenvalue weighted by atomic mass is 10.3. The number of para-hydroxylation sites is 1. The van der Waals surface area contributed by atoms with Crippen LogP contribution in [0.5, 0.6) is 0 Å². The van der Waals surface area contributed by atoms with Crippen molar-refractivity contribution in [3.8, 4) is 0 Å². The first-order valence-electron chi connectivity index (χ1n) is 5.36. The van der Waals surface area contributed by atoms with Crippen molar-refractivity contribution in [2.75, 3.05) is 11.9 Å². The van der Waals surface area contributed by atoms with Crippen molar-refractivity contribution in [1.82, 2.24) is 9.94 Å². The lowest BCUT2D eigenvalue weighted by Crippen LogP contribution is -2.34. The maximum Gasteiger partial charge on any atom is 0.440 e. The van der Waals surface area contributed by atoms with Crippen LogP contribution in [0.3, 0.4) is 0 Å². The van der Waals surface area contributed by atoms with Crippen LogP contribution < -0.4 is 9.74 Å². The van der Waals surface area contributed by atoms with Crippen molar-refractivity contribution in [3.05, 3.63) is 48.3 Å². The average Bonchev–Trinajstić information content (AvgIpc) is 2.86. The lowest BCUT2D eigenvalue weighted by Gasteiger charge is -2.15. The summed E-state index contributed by atoms with van der Waals surface area (Å²) in [4.78, 5) is 19.2. The van der Waals surface area contributed by atoms with Gasteiger partial charge in [-0.25, -0.2) is 4.79 Å². The molecular formula is C12H13N3O3. The number of aromatic nitrogens is 2. The molecule has 0 aliphatic heterocycles. The lowest BCUT2D eigenvalue weighted by molar-refractivity contribution is 0.123. The summed E-state index contributed by atoms with van der Waals surface area (Å²) in [7, 11) is 1.61. The number of carbonyl (C=O) groups is 1. The second-order valence-corrected chi connectivity index (χ2v) is 3.66. The molecule has 0 spiro atoms. The van der Waals surface area contributed by atoms with Crippen molar-refractivity contribution in [3.63, 3.8) is 0 Å². The molecule has 0 aliphatic carbocycles. The van der Waals surface area contributed by atoms with Crippen molar-refractivity contribution < 1.29 is 14.7 Å². The van der Waals surface area contributed by atoms with Crippen LogP contribution in [-0.4, -0.2) is 28.2 Å². The monoisotopic (exact) mass is 247 g/mol. The van der Waals surface area contributed by atoms with E-state index >= 15 is 0 Å². The number of anilines is 1. The van der Waals surface area contributed by atoms with Gasteiger partial charge in [-0.3, -0.25) is 9.74 Å². The molecule has 0 atom stereocenters. The molecule has 0 radical (unpaired) electrons. The number of hydrogen-bond donors (Lipinski definition) is 1. The van der Waals surface area contributed by atoms with Gasteiger partial charge in [0.15, 0.2) is 0 Å². The van der Waals surface area contributed by atoms with Gasteiger partial charge in [-0.1, -0.05) is 23.0 Å². The smallest absolute Gasteiger partial charge is 0.392 e. The average molecular weight is 247 g/mol. The number of aliphatic hydroxyl groups excluding tert-OH is 1. The molecule has 1 amide bonds. The highest BCUT2D eigenvalue weighted by molar-refractivity contribution is 5.86. The van der Waals surface area contributed by atoms with Crippen LogP contribution in [0.15, 0.2) is 42.7 Å². The first-order valence-corrected chi connectivity index (χ1v) is 5.36. The zero-order chi connectivity index (χ0) is 13.0. The molecule has 2 rings (SSSR count). The quantitative estimate of drug-likeness (QED) is 0.880. The summed E-state index contributed by atoms with van der Waals surface area (Å²) in [5.74, 6) is 0. The molecule has 1 aromatic carbocycles. The third kappa shape index (κ3) is 2.67. The molecule has 6 heteroatoms. The summed E-state index contributed by atoms with van der Waals surface area (Å²) in [6.45, 7) is -0.147. The molecule has 0 aliphatic rings. The Hall–Kier alpha value is -2.34. The van der Waals surface area contributed by atoms with E-state index < -0.39 is 6.09 Å². The maximum atomic E-state index is 11.8. The van der Waals surface area contributed by atoms with E-state index in [1.54, 1.807) is 19.2 Å². The van der Waals surface area contributed by atoms with Crippen molar-refractivity contribution >= 4 is 11.8 Å². The number of aliphatic hydroxyl groups is 1. The fraction of sp³-hybridized carbons (Fsp3) is 0.167. The van der Waals surface area contributed by atoms with Crippen LogP contribution in [-0.2, 0) is 6.61 Å². The molecule has 0 bridgehead atoms. The second-order valence-electron chi connectivity index (χ2n) is 3.66. The van der Waals surface area contributed by atoms with E-state index in [4.69, 9.17) is 9.94 Å². The molecule has 0 saturated heterocycles. The predicted octanol–water partition coefficient (Wildman–Crippen LogP) is 1.06. The minimum absolute atomic E-state index is 0.147. The Kier molecular flexibility index (Phi) is 3.59. The molecule has 6 nitrogen and oxygen atoms in total. The fourth-order valence-electron chi connectivity index (χ4n) is 1.37. The molecule has 2 aromatic rings. The Balaban J connectivity index is 2.04. The second kappa shape index (κ2) is 5.33. The summed E-state index contributed by atoms with van der Waals surface area (Å²) in [5, 5.41) is 12.7. The van der Waals surface area contributed by atoms with Crippen LogP contribution in [0.1, 0.15) is 5.56 Å². The fourth-order valence-corrected chi connectivity index (χ4v) is 1.37. The van der Waals surface area contributed by atoms with Crippen LogP contribution in [0, 0.1) is 0 Å². The Morgan fingerprint density at radius 2 is 2.17 bits per heavy atom. The van der Waals surface area contributed by atoms with Gasteiger partial charge in [-0.2, -0.15) is 0 Å². The van der Waals surface area contributed by atoms with Crippen molar-refractivity contribution in [1.29, 1.82) is 0 Å². The topological polar surface area (TPSA) is 67.6 Å². The van der Waals surface area contributed by atoms with Gasteiger partial charge < -0.3 is 5.11 Å². The molecular weight excluding hydrogens is 234 g/mol. The van der Waals surface area contributed by atoms with Gasteiger partial charge in [-0.05, 0) is 12.1 Å². The van der Waals surface area contributed by atoms with Gasteiger partial charge in [0.25, 0.3) is 0 Å². The number of nitrogens with zero attached hydrogens (tertiary/aromatic N) is 3. The minimum Gasteiger partial charge on any atom is -0.392 e. The van der Waals surface area contributed by atoms with Crippen LogP contribution in [0.25, 0.3) is 0 Å². The van der Waals surface area contributed by atoms with E-state index in [-0.39, 0.29) is 6.61 Å². The van der Waals surface area contributed by atoms with Gasteiger partial charge in [-0.15, -0.1) is 5.10 Å². The van der Waals surface area contributed by atoms with Crippen LogP contribution in [0.2, 0.25) is 0 Å². The van der Waals surface area contributed by atoms with Crippen LogP contribution >= 0.6 is 0 Å². The van der Waals surface area contributed by atoms with Crippen molar-refractivity contribution in [2.45, 2.75) is 6.61 Å². The number of hydrogen-bond acceptors (Lipinski definition) is 4. The molecule has 1 N–H and O–H groups in total. The van der Waals surface area contributed by atoms with Gasteiger partial charge in [0, 0.05) is 18.3 Å². The minimum atomic E-state index is -0.561. The SMILES string of the molecule is CN(C(=O)On1cc(CO)cn1)c1ccccc1. The standard InChI is InChI=1S/C12H13N3O3/c1-14(11-5-3-2-4-6-11)12(17)18-15-8-10(9-16)7-13-15/h2-8,16H,9H2,1H3. The Morgan fingerprint density at radius 1 is 1.44 bits per heavy atom. The number of benzene rings is 1. The highest BCUT2D eigenvalue weighted by atomic mass is 16.7. The van der Waals surface area contributed by atoms with E-state index in [0.29, 0.717) is 5.56 Å². The van der Waals surface area contributed by atoms with Gasteiger partial charge in [0.2, 0.25) is 0 Å². The van der Waals surface area contributed by atoms with E-state index in [1.165, 1.54) is 17.3 Å². The summed E-state index contributed by atoms with van der Waals surface area (Å²) in [5.41, 5.74) is 1.29. The summed E-state index contributed by atoms with van der Waals surface area (Å²) in [6, 6.07) is 9.12. The van der Waals surface area contributed by atoms with E-state index in [0.717, 1.165) is 10.5 Å². The van der Waals surface area contributed by atoms with Crippen LogP contribution in [0.4, 0.5) is 10.5 Å². The third-order valence-corrected chi connectivity index (χ3v) is 2.39. The maximum absolute atomic E-state index is 11.8. The highest BCUT2D eigenvalue weighted by Gasteiger charge is 2.13. The first-order chi connectivity index (χ1) is 8.70. The first kappa shape index (κ1) is 12.1. The summed E-state index contributed by atoms with van der Waals surface area (Å²) in [6.07, 6.45) is 2.31. The molecule has 1 aromatic heterocycles. The molecule has 0 unspecified atom stereocenters. The Bertz CT molecular complexity index is 524. The normalized spacial score (nSPS) is 10.1. The van der Waals surface area contributed by atoms with E-state index in [1.807, 2.05) is 18.2 Å². The molecule has 94 valence electrons. The third-order valence-electron chi connectivity index (χ3n) is 2.39. The summed E-state index contributed by atoms with van der Waals surface area (Å²) >= 11 is 0. The number of amides is 1. The molecule has 0 saturated carbocycles. The highest BCUT2D eigenvalue weighted by Crippen LogP contribution is 2.11. The molecule has 0 fully saturated rings. The van der Waals surface area contributed by atoms with Crippen molar-refractivity contribution in [2.24, 2.45) is 0 Å². The van der Waals surface area contributed by atoms with Gasteiger partial charge in [0.05, 0.1) is 19.0 Å². The molecule has 1 heterocycles. The zero-order valence-electron chi connectivity index (χ0n) is 9.85. The molecule has 18 heavy (non-hydrogen) atoms.